The van der Waals surface area contributed by atoms with Gasteiger partial charge in [-0.3, -0.25) is 4.79 Å². The first-order valence-electron chi connectivity index (χ1n) is 7.84. The van der Waals surface area contributed by atoms with Gasteiger partial charge in [0.1, 0.15) is 11.3 Å². The molecule has 2 heterocycles. The fourth-order valence-electron chi connectivity index (χ4n) is 3.03. The summed E-state index contributed by atoms with van der Waals surface area (Å²) in [6.07, 6.45) is 1.37. The number of piperazine rings is 1. The number of hydrogen-bond acceptors (Lipinski definition) is 4. The molecule has 1 saturated heterocycles. The molecule has 0 unspecified atom stereocenters. The molecule has 6 heteroatoms. The summed E-state index contributed by atoms with van der Waals surface area (Å²) in [5.41, 5.74) is 2.51. The van der Waals surface area contributed by atoms with E-state index in [2.05, 4.69) is 4.98 Å². The molecule has 1 aromatic heterocycles. The number of rotatable bonds is 2. The second kappa shape index (κ2) is 5.96. The Bertz CT molecular complexity index is 885. The average molecular weight is 325 g/mol. The van der Waals surface area contributed by atoms with Gasteiger partial charge in [0.05, 0.1) is 5.69 Å². The van der Waals surface area contributed by atoms with Crippen molar-refractivity contribution in [3.8, 4) is 0 Å². The van der Waals surface area contributed by atoms with Crippen LogP contribution in [0.5, 0.6) is 0 Å². The number of anilines is 1. The molecule has 3 aromatic rings. The van der Waals surface area contributed by atoms with Crippen molar-refractivity contribution in [1.29, 1.82) is 0 Å². The average Bonchev–Trinajstić information content (AvgIpc) is 3.09. The van der Waals surface area contributed by atoms with Crippen LogP contribution in [0.25, 0.3) is 11.1 Å². The number of benzene rings is 2. The molecule has 4 rings (SSSR count). The van der Waals surface area contributed by atoms with Gasteiger partial charge >= 0.3 is 0 Å². The molecule has 1 amide bonds. The van der Waals surface area contributed by atoms with Crippen LogP contribution >= 0.6 is 0 Å². The first kappa shape index (κ1) is 14.7. The number of fused-ring (bicyclic) bond motifs is 1. The fraction of sp³-hybridized carbons (Fsp3) is 0.222. The predicted molar refractivity (Wildman–Crippen MR) is 88.5 cm³/mol. The monoisotopic (exact) mass is 325 g/mol. The molecule has 5 nitrogen and oxygen atoms in total. The number of amides is 1. The van der Waals surface area contributed by atoms with E-state index in [0.717, 1.165) is 5.52 Å². The zero-order valence-corrected chi connectivity index (χ0v) is 13.0. The number of carbonyl (C=O) groups excluding carboxylic acids is 1. The zero-order valence-electron chi connectivity index (χ0n) is 13.0. The van der Waals surface area contributed by atoms with E-state index in [1.54, 1.807) is 35.2 Å². The lowest BCUT2D eigenvalue weighted by Gasteiger charge is -2.36. The van der Waals surface area contributed by atoms with Gasteiger partial charge in [0.2, 0.25) is 0 Å². The van der Waals surface area contributed by atoms with E-state index >= 15 is 0 Å². The largest absolute Gasteiger partial charge is 0.443 e. The number of carbonyl (C=O) groups is 1. The summed E-state index contributed by atoms with van der Waals surface area (Å²) < 4.78 is 19.1. The summed E-state index contributed by atoms with van der Waals surface area (Å²) >= 11 is 0. The summed E-state index contributed by atoms with van der Waals surface area (Å²) in [5, 5.41) is 0. The van der Waals surface area contributed by atoms with Crippen molar-refractivity contribution in [2.75, 3.05) is 31.1 Å². The summed E-state index contributed by atoms with van der Waals surface area (Å²) in [7, 11) is 0. The van der Waals surface area contributed by atoms with Gasteiger partial charge in [-0.2, -0.15) is 0 Å². The molecule has 1 aliphatic rings. The Hall–Kier alpha value is -2.89. The number of hydrogen-bond donors (Lipinski definition) is 0. The van der Waals surface area contributed by atoms with E-state index in [1.807, 2.05) is 11.0 Å². The SMILES string of the molecule is O=C(c1ccc2ncoc2c1)N1CCN(c2ccccc2F)CC1. The molecule has 1 fully saturated rings. The molecule has 0 N–H and O–H groups in total. The maximum Gasteiger partial charge on any atom is 0.254 e. The quantitative estimate of drug-likeness (QED) is 0.727. The smallest absolute Gasteiger partial charge is 0.254 e. The Morgan fingerprint density at radius 1 is 1.08 bits per heavy atom. The van der Waals surface area contributed by atoms with Crippen LogP contribution in [0.4, 0.5) is 10.1 Å². The zero-order chi connectivity index (χ0) is 16.5. The lowest BCUT2D eigenvalue weighted by atomic mass is 10.1. The predicted octanol–water partition coefficient (Wildman–Crippen LogP) is 2.93. The number of aromatic nitrogens is 1. The first-order chi connectivity index (χ1) is 11.7. The van der Waals surface area contributed by atoms with Crippen molar-refractivity contribution in [2.45, 2.75) is 0 Å². The Morgan fingerprint density at radius 2 is 1.88 bits per heavy atom. The van der Waals surface area contributed by atoms with E-state index in [4.69, 9.17) is 4.42 Å². The second-order valence-electron chi connectivity index (χ2n) is 5.77. The summed E-state index contributed by atoms with van der Waals surface area (Å²) in [4.78, 5) is 20.5. The maximum absolute atomic E-state index is 13.9. The molecule has 0 radical (unpaired) electrons. The number of oxazole rings is 1. The molecule has 1 aliphatic heterocycles. The maximum atomic E-state index is 13.9. The highest BCUT2D eigenvalue weighted by atomic mass is 19.1. The van der Waals surface area contributed by atoms with Gasteiger partial charge in [-0.1, -0.05) is 12.1 Å². The standard InChI is InChI=1S/C18H16FN3O2/c19-14-3-1-2-4-16(14)21-7-9-22(10-8-21)18(23)13-5-6-15-17(11-13)24-12-20-15/h1-6,11-12H,7-10H2. The highest BCUT2D eigenvalue weighted by Crippen LogP contribution is 2.21. The third-order valence-corrected chi connectivity index (χ3v) is 4.34. The van der Waals surface area contributed by atoms with Crippen LogP contribution in [0.2, 0.25) is 0 Å². The third kappa shape index (κ3) is 2.60. The lowest BCUT2D eigenvalue weighted by Crippen LogP contribution is -2.49. The van der Waals surface area contributed by atoms with Crippen LogP contribution in [0.15, 0.2) is 53.3 Å². The molecule has 0 spiro atoms. The second-order valence-corrected chi connectivity index (χ2v) is 5.77. The molecular formula is C18H16FN3O2. The third-order valence-electron chi connectivity index (χ3n) is 4.34. The van der Waals surface area contributed by atoms with Gasteiger partial charge < -0.3 is 14.2 Å². The summed E-state index contributed by atoms with van der Waals surface area (Å²) in [6.45, 7) is 2.33. The molecule has 0 saturated carbocycles. The van der Waals surface area contributed by atoms with E-state index in [9.17, 15) is 9.18 Å². The molecule has 0 atom stereocenters. The van der Waals surface area contributed by atoms with Gasteiger partial charge in [0.15, 0.2) is 12.0 Å². The van der Waals surface area contributed by atoms with E-state index in [1.165, 1.54) is 12.5 Å². The molecule has 0 bridgehead atoms. The van der Waals surface area contributed by atoms with Crippen LogP contribution < -0.4 is 4.90 Å². The highest BCUT2D eigenvalue weighted by Gasteiger charge is 2.23. The topological polar surface area (TPSA) is 49.6 Å². The van der Waals surface area contributed by atoms with Crippen LogP contribution in [0, 0.1) is 5.82 Å². The van der Waals surface area contributed by atoms with Crippen LogP contribution in [-0.4, -0.2) is 42.0 Å². The van der Waals surface area contributed by atoms with Gasteiger partial charge in [0.25, 0.3) is 5.91 Å². The summed E-state index contributed by atoms with van der Waals surface area (Å²) in [6, 6.07) is 12.0. The summed E-state index contributed by atoms with van der Waals surface area (Å²) in [5.74, 6) is -0.269. The van der Waals surface area contributed by atoms with Gasteiger partial charge in [-0.05, 0) is 30.3 Å². The first-order valence-corrected chi connectivity index (χ1v) is 7.84. The number of nitrogens with zero attached hydrogens (tertiary/aromatic N) is 3. The Morgan fingerprint density at radius 3 is 2.67 bits per heavy atom. The van der Waals surface area contributed by atoms with Crippen molar-refractivity contribution >= 4 is 22.7 Å². The molecule has 2 aromatic carbocycles. The van der Waals surface area contributed by atoms with Crippen molar-refractivity contribution in [3.05, 3.63) is 60.2 Å². The van der Waals surface area contributed by atoms with Crippen LogP contribution in [-0.2, 0) is 0 Å². The van der Waals surface area contributed by atoms with Crippen molar-refractivity contribution in [2.24, 2.45) is 0 Å². The Labute approximate surface area is 138 Å². The molecular weight excluding hydrogens is 309 g/mol. The molecule has 24 heavy (non-hydrogen) atoms. The minimum absolute atomic E-state index is 0.0403. The fourth-order valence-corrected chi connectivity index (χ4v) is 3.03. The molecule has 122 valence electrons. The number of para-hydroxylation sites is 1. The lowest BCUT2D eigenvalue weighted by molar-refractivity contribution is 0.0746. The minimum Gasteiger partial charge on any atom is -0.443 e. The number of halogens is 1. The Kier molecular flexibility index (Phi) is 3.65. The van der Waals surface area contributed by atoms with Crippen LogP contribution in [0.1, 0.15) is 10.4 Å². The Balaban J connectivity index is 1.47. The highest BCUT2D eigenvalue weighted by molar-refractivity contribution is 5.97. The molecule has 0 aliphatic carbocycles. The van der Waals surface area contributed by atoms with E-state index in [0.29, 0.717) is 43.0 Å². The van der Waals surface area contributed by atoms with Gasteiger partial charge in [0, 0.05) is 31.7 Å². The van der Waals surface area contributed by atoms with Crippen molar-refractivity contribution in [1.82, 2.24) is 9.88 Å². The van der Waals surface area contributed by atoms with Gasteiger partial charge in [-0.15, -0.1) is 0 Å². The van der Waals surface area contributed by atoms with Crippen molar-refractivity contribution in [3.63, 3.8) is 0 Å². The van der Waals surface area contributed by atoms with Gasteiger partial charge in [-0.25, -0.2) is 9.37 Å². The van der Waals surface area contributed by atoms with Crippen LogP contribution in [0.3, 0.4) is 0 Å². The van der Waals surface area contributed by atoms with E-state index < -0.39 is 0 Å². The van der Waals surface area contributed by atoms with Crippen molar-refractivity contribution < 1.29 is 13.6 Å². The van der Waals surface area contributed by atoms with E-state index in [-0.39, 0.29) is 11.7 Å². The normalized spacial score (nSPS) is 15.0. The minimum atomic E-state index is -0.229.